The molecule has 0 aliphatic heterocycles. The molecule has 0 saturated heterocycles. The fourth-order valence-corrected chi connectivity index (χ4v) is 2.71. The standard InChI is InChI=1S/C12H15N3O3S/c13-6-7-15-12(16)8-11(14)19(17,18)9-10-4-2-1-3-5-10/h1-5,11H,7-9,14H2,(H,15,16). The van der Waals surface area contributed by atoms with E-state index in [1.165, 1.54) is 0 Å². The van der Waals surface area contributed by atoms with Gasteiger partial charge in [0.15, 0.2) is 9.84 Å². The summed E-state index contributed by atoms with van der Waals surface area (Å²) in [6, 6.07) is 10.3. The minimum absolute atomic E-state index is 0.162. The maximum atomic E-state index is 11.9. The highest BCUT2D eigenvalue weighted by Crippen LogP contribution is 2.10. The maximum Gasteiger partial charge on any atom is 0.223 e. The third kappa shape index (κ3) is 5.07. The van der Waals surface area contributed by atoms with E-state index in [2.05, 4.69) is 5.32 Å². The van der Waals surface area contributed by atoms with Crippen molar-refractivity contribution in [3.8, 4) is 6.07 Å². The van der Waals surface area contributed by atoms with Gasteiger partial charge in [-0.2, -0.15) is 5.26 Å². The van der Waals surface area contributed by atoms with E-state index in [0.29, 0.717) is 5.56 Å². The van der Waals surface area contributed by atoms with Gasteiger partial charge in [-0.05, 0) is 5.56 Å². The van der Waals surface area contributed by atoms with Crippen LogP contribution in [-0.2, 0) is 20.4 Å². The molecule has 0 aliphatic rings. The van der Waals surface area contributed by atoms with Crippen molar-refractivity contribution in [3.05, 3.63) is 35.9 Å². The summed E-state index contributed by atoms with van der Waals surface area (Å²) in [4.78, 5) is 11.3. The van der Waals surface area contributed by atoms with E-state index >= 15 is 0 Å². The molecule has 1 aromatic rings. The third-order valence-electron chi connectivity index (χ3n) is 2.42. The van der Waals surface area contributed by atoms with Crippen LogP contribution in [-0.4, -0.2) is 26.2 Å². The number of nitrogens with one attached hydrogen (secondary N) is 1. The van der Waals surface area contributed by atoms with E-state index in [1.54, 1.807) is 36.4 Å². The van der Waals surface area contributed by atoms with E-state index < -0.39 is 21.1 Å². The second-order valence-corrected chi connectivity index (χ2v) is 6.19. The highest BCUT2D eigenvalue weighted by atomic mass is 32.2. The Labute approximate surface area is 112 Å². The predicted molar refractivity (Wildman–Crippen MR) is 70.3 cm³/mol. The molecule has 7 heteroatoms. The number of nitrogens with two attached hydrogens (primary N) is 1. The number of nitrogens with zero attached hydrogens (tertiary/aromatic N) is 1. The number of rotatable bonds is 6. The summed E-state index contributed by atoms with van der Waals surface area (Å²) in [6.45, 7) is -0.162. The predicted octanol–water partition coefficient (Wildman–Crippen LogP) is -0.0839. The van der Waals surface area contributed by atoms with Gasteiger partial charge in [0.25, 0.3) is 0 Å². The lowest BCUT2D eigenvalue weighted by atomic mass is 10.2. The van der Waals surface area contributed by atoms with Crippen LogP contribution in [0.2, 0.25) is 0 Å². The van der Waals surface area contributed by atoms with Gasteiger partial charge >= 0.3 is 0 Å². The van der Waals surface area contributed by atoms with Crippen LogP contribution >= 0.6 is 0 Å². The first kappa shape index (κ1) is 15.1. The highest BCUT2D eigenvalue weighted by Gasteiger charge is 2.24. The van der Waals surface area contributed by atoms with Gasteiger partial charge in [0, 0.05) is 0 Å². The number of hydrogen-bond acceptors (Lipinski definition) is 5. The fraction of sp³-hybridized carbons (Fsp3) is 0.333. The van der Waals surface area contributed by atoms with E-state index in [4.69, 9.17) is 11.0 Å². The summed E-state index contributed by atoms with van der Waals surface area (Å²) in [5, 5.41) is 9.27. The Hall–Kier alpha value is -1.91. The summed E-state index contributed by atoms with van der Waals surface area (Å²) in [7, 11) is -3.60. The Morgan fingerprint density at radius 2 is 2.00 bits per heavy atom. The Kier molecular flexibility index (Phi) is 5.48. The first-order valence-electron chi connectivity index (χ1n) is 5.60. The Balaban J connectivity index is 2.62. The largest absolute Gasteiger partial charge is 0.343 e. The van der Waals surface area contributed by atoms with Gasteiger partial charge in [0.1, 0.15) is 11.9 Å². The van der Waals surface area contributed by atoms with Crippen LogP contribution in [0.15, 0.2) is 30.3 Å². The van der Waals surface area contributed by atoms with Gasteiger partial charge in [-0.25, -0.2) is 8.42 Å². The third-order valence-corrected chi connectivity index (χ3v) is 4.25. The number of sulfone groups is 1. The molecular weight excluding hydrogens is 266 g/mol. The lowest BCUT2D eigenvalue weighted by Crippen LogP contribution is -2.37. The van der Waals surface area contributed by atoms with E-state index in [-0.39, 0.29) is 18.7 Å². The molecule has 1 atom stereocenters. The van der Waals surface area contributed by atoms with Gasteiger partial charge in [-0.3, -0.25) is 4.79 Å². The van der Waals surface area contributed by atoms with Crippen molar-refractivity contribution in [2.24, 2.45) is 5.73 Å². The number of hydrogen-bond donors (Lipinski definition) is 2. The quantitative estimate of drug-likeness (QED) is 0.708. The van der Waals surface area contributed by atoms with E-state index in [1.807, 2.05) is 0 Å². The van der Waals surface area contributed by atoms with Crippen LogP contribution in [0.4, 0.5) is 0 Å². The molecule has 1 unspecified atom stereocenters. The SMILES string of the molecule is N#CCNC(=O)CC(N)S(=O)(=O)Cc1ccccc1. The van der Waals surface area contributed by atoms with Gasteiger partial charge in [-0.15, -0.1) is 0 Å². The van der Waals surface area contributed by atoms with Gasteiger partial charge in [0.05, 0.1) is 18.2 Å². The van der Waals surface area contributed by atoms with Crippen LogP contribution in [0.25, 0.3) is 0 Å². The molecule has 0 bridgehead atoms. The van der Waals surface area contributed by atoms with Crippen molar-refractivity contribution in [1.82, 2.24) is 5.32 Å². The van der Waals surface area contributed by atoms with Crippen molar-refractivity contribution in [1.29, 1.82) is 5.26 Å². The second kappa shape index (κ2) is 6.87. The smallest absolute Gasteiger partial charge is 0.223 e. The second-order valence-electron chi connectivity index (χ2n) is 3.97. The van der Waals surface area contributed by atoms with Gasteiger partial charge in [-0.1, -0.05) is 30.3 Å². The normalized spacial score (nSPS) is 12.4. The minimum atomic E-state index is -3.60. The summed E-state index contributed by atoms with van der Waals surface area (Å²) < 4.78 is 23.9. The molecule has 3 N–H and O–H groups in total. The molecule has 0 aromatic heterocycles. The Morgan fingerprint density at radius 3 is 2.58 bits per heavy atom. The molecule has 0 spiro atoms. The van der Waals surface area contributed by atoms with Crippen molar-refractivity contribution in [2.45, 2.75) is 17.5 Å². The number of benzene rings is 1. The fourth-order valence-electron chi connectivity index (χ4n) is 1.43. The minimum Gasteiger partial charge on any atom is -0.343 e. The number of carbonyl (C=O) groups is 1. The molecule has 0 aliphatic carbocycles. The molecule has 0 heterocycles. The summed E-state index contributed by atoms with van der Waals surface area (Å²) in [5.41, 5.74) is 6.16. The molecule has 1 aromatic carbocycles. The van der Waals surface area contributed by atoms with Crippen LogP contribution in [0, 0.1) is 11.3 Å². The molecule has 6 nitrogen and oxygen atoms in total. The number of amides is 1. The monoisotopic (exact) mass is 281 g/mol. The molecule has 1 amide bonds. The summed E-state index contributed by atoms with van der Waals surface area (Å²) in [6.07, 6.45) is -0.350. The molecule has 19 heavy (non-hydrogen) atoms. The molecule has 0 fully saturated rings. The first-order chi connectivity index (χ1) is 8.95. The molecule has 102 valence electrons. The summed E-state index contributed by atoms with van der Waals surface area (Å²) >= 11 is 0. The Bertz CT molecular complexity index is 564. The highest BCUT2D eigenvalue weighted by molar-refractivity contribution is 7.91. The van der Waals surface area contributed by atoms with Crippen LogP contribution in [0.3, 0.4) is 0 Å². The number of nitriles is 1. The van der Waals surface area contributed by atoms with Crippen molar-refractivity contribution < 1.29 is 13.2 Å². The zero-order valence-corrected chi connectivity index (χ0v) is 11.1. The van der Waals surface area contributed by atoms with Crippen LogP contribution < -0.4 is 11.1 Å². The zero-order valence-electron chi connectivity index (χ0n) is 10.2. The van der Waals surface area contributed by atoms with E-state index in [9.17, 15) is 13.2 Å². The lowest BCUT2D eigenvalue weighted by Gasteiger charge is -2.12. The maximum absolute atomic E-state index is 11.9. The van der Waals surface area contributed by atoms with Gasteiger partial charge in [0.2, 0.25) is 5.91 Å². The van der Waals surface area contributed by atoms with Crippen molar-refractivity contribution >= 4 is 15.7 Å². The molecular formula is C12H15N3O3S. The lowest BCUT2D eigenvalue weighted by molar-refractivity contribution is -0.120. The van der Waals surface area contributed by atoms with E-state index in [0.717, 1.165) is 0 Å². The topological polar surface area (TPSA) is 113 Å². The molecule has 1 rings (SSSR count). The molecule has 0 saturated carbocycles. The Morgan fingerprint density at radius 1 is 1.37 bits per heavy atom. The molecule has 0 radical (unpaired) electrons. The van der Waals surface area contributed by atoms with Crippen molar-refractivity contribution in [3.63, 3.8) is 0 Å². The summed E-state index contributed by atoms with van der Waals surface area (Å²) in [5.74, 6) is -0.758. The van der Waals surface area contributed by atoms with Crippen LogP contribution in [0.1, 0.15) is 12.0 Å². The number of carbonyl (C=O) groups excluding carboxylic acids is 1. The van der Waals surface area contributed by atoms with Crippen molar-refractivity contribution in [2.75, 3.05) is 6.54 Å². The average Bonchev–Trinajstić information content (AvgIpc) is 2.37. The average molecular weight is 281 g/mol. The van der Waals surface area contributed by atoms with Gasteiger partial charge < -0.3 is 11.1 Å². The first-order valence-corrected chi connectivity index (χ1v) is 7.32. The zero-order chi connectivity index (χ0) is 14.3. The van der Waals surface area contributed by atoms with Crippen LogP contribution in [0.5, 0.6) is 0 Å².